The first-order chi connectivity index (χ1) is 9.56. The molecule has 108 valence electrons. The van der Waals surface area contributed by atoms with Gasteiger partial charge in [0.2, 0.25) is 11.8 Å². The highest BCUT2D eigenvalue weighted by atomic mass is 16.5. The van der Waals surface area contributed by atoms with Crippen LogP contribution in [0.2, 0.25) is 0 Å². The van der Waals surface area contributed by atoms with Gasteiger partial charge in [-0.2, -0.15) is 0 Å². The number of nitrogen functional groups attached to an aromatic ring is 1. The molecule has 1 fully saturated rings. The maximum absolute atomic E-state index is 12.4. The lowest BCUT2D eigenvalue weighted by molar-refractivity contribution is -0.139. The van der Waals surface area contributed by atoms with Gasteiger partial charge in [0.05, 0.1) is 19.1 Å². The van der Waals surface area contributed by atoms with Gasteiger partial charge in [-0.15, -0.1) is 0 Å². The van der Waals surface area contributed by atoms with E-state index in [0.29, 0.717) is 31.9 Å². The fraction of sp³-hybridized carbons (Fsp3) is 0.429. The Morgan fingerprint density at radius 3 is 2.80 bits per heavy atom. The molecular weight excluding hydrogens is 258 g/mol. The van der Waals surface area contributed by atoms with E-state index in [1.165, 1.54) is 4.90 Å². The van der Waals surface area contributed by atoms with Crippen LogP contribution in [0.25, 0.3) is 0 Å². The Balaban J connectivity index is 2.10. The van der Waals surface area contributed by atoms with Gasteiger partial charge < -0.3 is 21.1 Å². The number of nitrogens with zero attached hydrogens (tertiary/aromatic N) is 1. The monoisotopic (exact) mass is 277 g/mol. The third kappa shape index (κ3) is 3.71. The highest BCUT2D eigenvalue weighted by Crippen LogP contribution is 2.18. The average molecular weight is 277 g/mol. The fourth-order valence-corrected chi connectivity index (χ4v) is 2.30. The number of hydrogen-bond donors (Lipinski definition) is 2. The summed E-state index contributed by atoms with van der Waals surface area (Å²) in [6, 6.07) is 7.24. The standard InChI is InChI=1S/C14H19N3O3/c15-12-3-1-2-10(6-12)7-17(8-13(16)18)14(19)11-4-5-20-9-11/h1-3,6,11H,4-5,7-9,15H2,(H2,16,18). The van der Waals surface area contributed by atoms with Gasteiger partial charge in [-0.05, 0) is 24.1 Å². The third-order valence-electron chi connectivity index (χ3n) is 3.26. The van der Waals surface area contributed by atoms with Crippen molar-refractivity contribution in [3.8, 4) is 0 Å². The van der Waals surface area contributed by atoms with Crippen molar-refractivity contribution in [3.05, 3.63) is 29.8 Å². The van der Waals surface area contributed by atoms with Gasteiger partial charge in [0, 0.05) is 18.8 Å². The first-order valence-electron chi connectivity index (χ1n) is 6.55. The van der Waals surface area contributed by atoms with Crippen LogP contribution in [0.4, 0.5) is 5.69 Å². The number of anilines is 1. The lowest BCUT2D eigenvalue weighted by Crippen LogP contribution is -2.41. The number of carbonyl (C=O) groups excluding carboxylic acids is 2. The van der Waals surface area contributed by atoms with Crippen molar-refractivity contribution in [1.82, 2.24) is 4.90 Å². The zero-order valence-electron chi connectivity index (χ0n) is 11.2. The van der Waals surface area contributed by atoms with Gasteiger partial charge in [0.25, 0.3) is 0 Å². The molecule has 0 bridgehead atoms. The molecular formula is C14H19N3O3. The molecule has 0 spiro atoms. The molecule has 1 heterocycles. The van der Waals surface area contributed by atoms with Crippen molar-refractivity contribution in [2.24, 2.45) is 11.7 Å². The predicted molar refractivity (Wildman–Crippen MR) is 74.4 cm³/mol. The molecule has 0 aromatic heterocycles. The summed E-state index contributed by atoms with van der Waals surface area (Å²) < 4.78 is 5.22. The third-order valence-corrected chi connectivity index (χ3v) is 3.26. The summed E-state index contributed by atoms with van der Waals surface area (Å²) in [5, 5.41) is 0. The van der Waals surface area contributed by atoms with Gasteiger partial charge in [-0.25, -0.2) is 0 Å². The van der Waals surface area contributed by atoms with E-state index in [0.717, 1.165) is 5.56 Å². The van der Waals surface area contributed by atoms with E-state index < -0.39 is 5.91 Å². The summed E-state index contributed by atoms with van der Waals surface area (Å²) in [4.78, 5) is 25.0. The molecule has 2 rings (SSSR count). The molecule has 1 saturated heterocycles. The number of benzene rings is 1. The Morgan fingerprint density at radius 1 is 1.40 bits per heavy atom. The van der Waals surface area contributed by atoms with Crippen LogP contribution in [0.5, 0.6) is 0 Å². The fourth-order valence-electron chi connectivity index (χ4n) is 2.30. The Bertz CT molecular complexity index is 498. The minimum absolute atomic E-state index is 0.0931. The number of hydrogen-bond acceptors (Lipinski definition) is 4. The smallest absolute Gasteiger partial charge is 0.237 e. The summed E-state index contributed by atoms with van der Waals surface area (Å²) in [6.07, 6.45) is 0.686. The summed E-state index contributed by atoms with van der Waals surface area (Å²) >= 11 is 0. The van der Waals surface area contributed by atoms with Crippen LogP contribution in [-0.2, 0) is 20.9 Å². The summed E-state index contributed by atoms with van der Waals surface area (Å²) in [5.74, 6) is -0.805. The van der Waals surface area contributed by atoms with E-state index in [4.69, 9.17) is 16.2 Å². The maximum Gasteiger partial charge on any atom is 0.237 e. The zero-order valence-corrected chi connectivity index (χ0v) is 11.2. The Kier molecular flexibility index (Phi) is 4.57. The highest BCUT2D eigenvalue weighted by molar-refractivity contribution is 5.85. The second kappa shape index (κ2) is 6.38. The molecule has 6 heteroatoms. The molecule has 1 aliphatic heterocycles. The number of rotatable bonds is 5. The topological polar surface area (TPSA) is 98.7 Å². The number of amides is 2. The van der Waals surface area contributed by atoms with Gasteiger partial charge in [-0.3, -0.25) is 9.59 Å². The summed E-state index contributed by atoms with van der Waals surface area (Å²) in [7, 11) is 0. The van der Waals surface area contributed by atoms with Crippen LogP contribution in [0, 0.1) is 5.92 Å². The lowest BCUT2D eigenvalue weighted by atomic mass is 10.1. The number of nitrogens with two attached hydrogens (primary N) is 2. The largest absolute Gasteiger partial charge is 0.399 e. The molecule has 1 aliphatic rings. The second-order valence-electron chi connectivity index (χ2n) is 4.97. The molecule has 20 heavy (non-hydrogen) atoms. The average Bonchev–Trinajstić information content (AvgIpc) is 2.90. The van der Waals surface area contributed by atoms with E-state index >= 15 is 0 Å². The molecule has 0 aliphatic carbocycles. The molecule has 2 amide bonds. The van der Waals surface area contributed by atoms with Crippen LogP contribution < -0.4 is 11.5 Å². The van der Waals surface area contributed by atoms with Crippen molar-refractivity contribution >= 4 is 17.5 Å². The summed E-state index contributed by atoms with van der Waals surface area (Å²) in [5.41, 5.74) is 12.4. The van der Waals surface area contributed by atoms with Crippen molar-refractivity contribution in [3.63, 3.8) is 0 Å². The second-order valence-corrected chi connectivity index (χ2v) is 4.97. The van der Waals surface area contributed by atoms with Gasteiger partial charge in [-0.1, -0.05) is 12.1 Å². The zero-order chi connectivity index (χ0) is 14.5. The minimum Gasteiger partial charge on any atom is -0.399 e. The van der Waals surface area contributed by atoms with E-state index in [9.17, 15) is 9.59 Å². The molecule has 1 unspecified atom stereocenters. The maximum atomic E-state index is 12.4. The minimum atomic E-state index is -0.527. The Hall–Kier alpha value is -2.08. The molecule has 1 aromatic rings. The van der Waals surface area contributed by atoms with Crippen LogP contribution >= 0.6 is 0 Å². The van der Waals surface area contributed by atoms with Gasteiger partial charge in [0.1, 0.15) is 0 Å². The molecule has 0 radical (unpaired) electrons. The number of carbonyl (C=O) groups is 2. The van der Waals surface area contributed by atoms with Crippen molar-refractivity contribution in [2.75, 3.05) is 25.5 Å². The van der Waals surface area contributed by atoms with E-state index in [1.54, 1.807) is 12.1 Å². The Morgan fingerprint density at radius 2 is 2.20 bits per heavy atom. The van der Waals surface area contributed by atoms with E-state index in [1.807, 2.05) is 12.1 Å². The molecule has 1 aromatic carbocycles. The van der Waals surface area contributed by atoms with Crippen LogP contribution in [0.15, 0.2) is 24.3 Å². The van der Waals surface area contributed by atoms with E-state index in [-0.39, 0.29) is 18.4 Å². The SMILES string of the molecule is NC(=O)CN(Cc1cccc(N)c1)C(=O)C1CCOC1. The molecule has 0 saturated carbocycles. The van der Waals surface area contributed by atoms with Gasteiger partial charge >= 0.3 is 0 Å². The predicted octanol–water partition coefficient (Wildman–Crippen LogP) is 0.119. The van der Waals surface area contributed by atoms with Crippen LogP contribution in [0.3, 0.4) is 0 Å². The molecule has 1 atom stereocenters. The summed E-state index contributed by atoms with van der Waals surface area (Å²) in [6.45, 7) is 1.22. The number of primary amides is 1. The van der Waals surface area contributed by atoms with E-state index in [2.05, 4.69) is 0 Å². The molecule has 4 N–H and O–H groups in total. The normalized spacial score (nSPS) is 17.9. The van der Waals surface area contributed by atoms with Crippen LogP contribution in [0.1, 0.15) is 12.0 Å². The van der Waals surface area contributed by atoms with Crippen molar-refractivity contribution in [2.45, 2.75) is 13.0 Å². The van der Waals surface area contributed by atoms with Crippen LogP contribution in [-0.4, -0.2) is 36.5 Å². The first-order valence-corrected chi connectivity index (χ1v) is 6.55. The lowest BCUT2D eigenvalue weighted by Gasteiger charge is -2.24. The first kappa shape index (κ1) is 14.3. The molecule has 6 nitrogen and oxygen atoms in total. The Labute approximate surface area is 117 Å². The van der Waals surface area contributed by atoms with Crippen molar-refractivity contribution < 1.29 is 14.3 Å². The highest BCUT2D eigenvalue weighted by Gasteiger charge is 2.28. The van der Waals surface area contributed by atoms with Gasteiger partial charge in [0.15, 0.2) is 0 Å². The quantitative estimate of drug-likeness (QED) is 0.747. The number of ether oxygens (including phenoxy) is 1. The van der Waals surface area contributed by atoms with Crippen molar-refractivity contribution in [1.29, 1.82) is 0 Å².